The zero-order valence-corrected chi connectivity index (χ0v) is 8.75. The number of hydrogen-bond donors (Lipinski definition) is 3. The van der Waals surface area contributed by atoms with E-state index in [1.165, 1.54) is 11.3 Å². The topological polar surface area (TPSA) is 96.4 Å². The monoisotopic (exact) mass is 266 g/mol. The second kappa shape index (κ2) is 4.14. The first kappa shape index (κ1) is 10.6. The van der Waals surface area contributed by atoms with Gasteiger partial charge in [0, 0.05) is 5.38 Å². The van der Waals surface area contributed by atoms with Crippen LogP contribution in [-0.2, 0) is 4.79 Å². The van der Waals surface area contributed by atoms with Crippen molar-refractivity contribution < 1.29 is 15.0 Å². The summed E-state index contributed by atoms with van der Waals surface area (Å²) < 4.78 is 0.583. The Balaban J connectivity index is 2.78. The van der Waals surface area contributed by atoms with Crippen LogP contribution in [0, 0.1) is 0 Å². The van der Waals surface area contributed by atoms with E-state index >= 15 is 0 Å². The number of nitrogens with zero attached hydrogens (tertiary/aromatic N) is 1. The Bertz CT molecular complexity index is 317. The summed E-state index contributed by atoms with van der Waals surface area (Å²) in [5, 5.41) is 19.4. The molecule has 0 aliphatic heterocycles. The van der Waals surface area contributed by atoms with Gasteiger partial charge in [-0.3, -0.25) is 4.79 Å². The Kier molecular flexibility index (Phi) is 3.37. The molecule has 0 aromatic carbocycles. The molecule has 2 unspecified atom stereocenters. The minimum atomic E-state index is -1.34. The fraction of sp³-hybridized carbons (Fsp3) is 0.333. The number of hydrogen-bond acceptors (Lipinski definition) is 5. The van der Waals surface area contributed by atoms with Crippen LogP contribution >= 0.6 is 27.3 Å². The Hall–Kier alpha value is -0.500. The maximum Gasteiger partial charge on any atom is 0.323 e. The van der Waals surface area contributed by atoms with Crippen LogP contribution in [0.15, 0.2) is 9.30 Å². The van der Waals surface area contributed by atoms with E-state index in [1.807, 2.05) is 0 Å². The Morgan fingerprint density at radius 3 is 2.77 bits per heavy atom. The van der Waals surface area contributed by atoms with Gasteiger partial charge in [-0.15, -0.1) is 11.3 Å². The Morgan fingerprint density at radius 2 is 2.38 bits per heavy atom. The SMILES string of the molecule is NC(C(=O)O)C(O)c1csc(Br)n1. The molecule has 0 saturated heterocycles. The van der Waals surface area contributed by atoms with E-state index in [-0.39, 0.29) is 5.69 Å². The lowest BCUT2D eigenvalue weighted by molar-refractivity contribution is -0.141. The minimum absolute atomic E-state index is 0.270. The van der Waals surface area contributed by atoms with E-state index in [4.69, 9.17) is 10.8 Å². The van der Waals surface area contributed by atoms with Crippen LogP contribution < -0.4 is 5.73 Å². The molecule has 0 spiro atoms. The predicted molar refractivity (Wildman–Crippen MR) is 50.4 cm³/mol. The summed E-state index contributed by atoms with van der Waals surface area (Å²) in [4.78, 5) is 14.3. The highest BCUT2D eigenvalue weighted by Gasteiger charge is 2.25. The fourth-order valence-electron chi connectivity index (χ4n) is 0.718. The van der Waals surface area contributed by atoms with Crippen LogP contribution in [0.4, 0.5) is 0 Å². The van der Waals surface area contributed by atoms with Gasteiger partial charge in [-0.1, -0.05) is 0 Å². The average molecular weight is 267 g/mol. The van der Waals surface area contributed by atoms with Gasteiger partial charge < -0.3 is 15.9 Å². The second-order valence-electron chi connectivity index (χ2n) is 2.33. The predicted octanol–water partition coefficient (Wildman–Crippen LogP) is 0.351. The number of carbonyl (C=O) groups is 1. The fourth-order valence-corrected chi connectivity index (χ4v) is 1.77. The molecule has 0 bridgehead atoms. The number of nitrogens with two attached hydrogens (primary N) is 1. The van der Waals surface area contributed by atoms with Crippen molar-refractivity contribution >= 4 is 33.2 Å². The summed E-state index contributed by atoms with van der Waals surface area (Å²) in [6.07, 6.45) is -1.26. The van der Waals surface area contributed by atoms with E-state index < -0.39 is 18.1 Å². The van der Waals surface area contributed by atoms with E-state index in [0.717, 1.165) is 0 Å². The molecule has 1 aromatic heterocycles. The van der Waals surface area contributed by atoms with Crippen molar-refractivity contribution in [2.45, 2.75) is 12.1 Å². The van der Waals surface area contributed by atoms with Crippen molar-refractivity contribution in [1.29, 1.82) is 0 Å². The van der Waals surface area contributed by atoms with E-state index in [9.17, 15) is 9.90 Å². The smallest absolute Gasteiger partial charge is 0.323 e. The van der Waals surface area contributed by atoms with Gasteiger partial charge in [0.1, 0.15) is 12.1 Å². The summed E-state index contributed by atoms with van der Waals surface area (Å²) in [7, 11) is 0. The first-order valence-electron chi connectivity index (χ1n) is 3.29. The molecule has 0 fully saturated rings. The van der Waals surface area contributed by atoms with Crippen molar-refractivity contribution in [1.82, 2.24) is 4.98 Å². The quantitative estimate of drug-likeness (QED) is 0.734. The molecule has 72 valence electrons. The van der Waals surface area contributed by atoms with Gasteiger partial charge in [0.05, 0.1) is 5.69 Å². The molecule has 2 atom stereocenters. The van der Waals surface area contributed by atoms with Crippen molar-refractivity contribution in [2.75, 3.05) is 0 Å². The molecule has 7 heteroatoms. The van der Waals surface area contributed by atoms with Gasteiger partial charge in [-0.05, 0) is 15.9 Å². The first-order chi connectivity index (χ1) is 6.02. The molecule has 0 saturated carbocycles. The number of rotatable bonds is 3. The molecule has 5 nitrogen and oxygen atoms in total. The number of carboxylic acids is 1. The molecule has 0 radical (unpaired) electrons. The van der Waals surface area contributed by atoms with Crippen LogP contribution in [0.5, 0.6) is 0 Å². The Labute approximate surface area is 86.3 Å². The molecular weight excluding hydrogens is 260 g/mol. The molecule has 0 amide bonds. The van der Waals surface area contributed by atoms with Crippen LogP contribution in [0.1, 0.15) is 11.8 Å². The zero-order valence-electron chi connectivity index (χ0n) is 6.35. The Morgan fingerprint density at radius 1 is 1.77 bits per heavy atom. The molecule has 1 aromatic rings. The lowest BCUT2D eigenvalue weighted by Crippen LogP contribution is -2.36. The number of aliphatic hydroxyl groups is 1. The number of halogens is 1. The summed E-state index contributed by atoms with van der Waals surface area (Å²) in [6, 6.07) is -1.34. The molecule has 1 heterocycles. The first-order valence-corrected chi connectivity index (χ1v) is 4.97. The largest absolute Gasteiger partial charge is 0.480 e. The van der Waals surface area contributed by atoms with Crippen LogP contribution in [0.2, 0.25) is 0 Å². The van der Waals surface area contributed by atoms with Gasteiger partial charge in [0.15, 0.2) is 3.92 Å². The summed E-state index contributed by atoms with van der Waals surface area (Å²) in [6.45, 7) is 0. The van der Waals surface area contributed by atoms with Gasteiger partial charge in [0.25, 0.3) is 0 Å². The third-order valence-corrected chi connectivity index (χ3v) is 2.81. The second-order valence-corrected chi connectivity index (χ2v) is 4.47. The third-order valence-electron chi connectivity index (χ3n) is 1.42. The minimum Gasteiger partial charge on any atom is -0.480 e. The normalized spacial score (nSPS) is 15.3. The van der Waals surface area contributed by atoms with Crippen molar-refractivity contribution in [3.8, 4) is 0 Å². The van der Waals surface area contributed by atoms with Gasteiger partial charge in [0.2, 0.25) is 0 Å². The number of thiazole rings is 1. The molecule has 1 rings (SSSR count). The molecule has 13 heavy (non-hydrogen) atoms. The van der Waals surface area contributed by atoms with Crippen LogP contribution in [0.3, 0.4) is 0 Å². The van der Waals surface area contributed by atoms with Crippen molar-refractivity contribution in [3.05, 3.63) is 15.0 Å². The highest BCUT2D eigenvalue weighted by atomic mass is 79.9. The van der Waals surface area contributed by atoms with Crippen molar-refractivity contribution in [3.63, 3.8) is 0 Å². The van der Waals surface area contributed by atoms with E-state index in [0.29, 0.717) is 3.92 Å². The zero-order chi connectivity index (χ0) is 10.0. The molecule has 0 aliphatic carbocycles. The van der Waals surface area contributed by atoms with Crippen LogP contribution in [0.25, 0.3) is 0 Å². The summed E-state index contributed by atoms with van der Waals surface area (Å²) >= 11 is 4.35. The third kappa shape index (κ3) is 2.47. The molecule has 0 aliphatic rings. The van der Waals surface area contributed by atoms with Gasteiger partial charge in [-0.25, -0.2) is 4.98 Å². The standard InChI is InChI=1S/C6H7BrN2O3S/c7-6-9-2(1-13-6)4(10)3(8)5(11)12/h1,3-4,10H,8H2,(H,11,12). The van der Waals surface area contributed by atoms with E-state index in [2.05, 4.69) is 20.9 Å². The maximum absolute atomic E-state index is 10.4. The van der Waals surface area contributed by atoms with Crippen molar-refractivity contribution in [2.24, 2.45) is 5.73 Å². The van der Waals surface area contributed by atoms with Gasteiger partial charge >= 0.3 is 5.97 Å². The molecule has 4 N–H and O–H groups in total. The van der Waals surface area contributed by atoms with E-state index in [1.54, 1.807) is 5.38 Å². The van der Waals surface area contributed by atoms with Crippen LogP contribution in [-0.4, -0.2) is 27.2 Å². The lowest BCUT2D eigenvalue weighted by Gasteiger charge is -2.11. The number of aliphatic carboxylic acids is 1. The number of carboxylic acid groups (broad SMARTS) is 1. The number of aliphatic hydroxyl groups excluding tert-OH is 1. The molecular formula is C6H7BrN2O3S. The number of aromatic nitrogens is 1. The summed E-state index contributed by atoms with van der Waals surface area (Å²) in [5.41, 5.74) is 5.47. The highest BCUT2D eigenvalue weighted by molar-refractivity contribution is 9.11. The lowest BCUT2D eigenvalue weighted by atomic mass is 10.1. The van der Waals surface area contributed by atoms with Gasteiger partial charge in [-0.2, -0.15) is 0 Å². The maximum atomic E-state index is 10.4. The summed E-state index contributed by atoms with van der Waals surface area (Å²) in [5.74, 6) is -1.25. The highest BCUT2D eigenvalue weighted by Crippen LogP contribution is 2.22. The average Bonchev–Trinajstić information content (AvgIpc) is 2.49.